The van der Waals surface area contributed by atoms with Crippen LogP contribution < -0.4 is 5.73 Å². The molecule has 1 aliphatic heterocycles. The van der Waals surface area contributed by atoms with E-state index >= 15 is 0 Å². The zero-order valence-electron chi connectivity index (χ0n) is 9.72. The second-order valence-corrected chi connectivity index (χ2v) is 5.39. The molecule has 0 aliphatic carbocycles. The van der Waals surface area contributed by atoms with Gasteiger partial charge in [-0.05, 0) is 47.1 Å². The maximum absolute atomic E-state index is 6.10. The molecule has 0 spiro atoms. The van der Waals surface area contributed by atoms with Crippen molar-refractivity contribution in [2.24, 2.45) is 5.73 Å². The fourth-order valence-corrected chi connectivity index (χ4v) is 2.66. The quantitative estimate of drug-likeness (QED) is 0.675. The summed E-state index contributed by atoms with van der Waals surface area (Å²) in [6.45, 7) is 9.16. The maximum atomic E-state index is 6.10. The predicted molar refractivity (Wildman–Crippen MR) is 57.7 cm³/mol. The summed E-state index contributed by atoms with van der Waals surface area (Å²) in [5.74, 6) is 0. The molecule has 0 aromatic heterocycles. The minimum atomic E-state index is 0.252. The Labute approximate surface area is 82.5 Å². The van der Waals surface area contributed by atoms with Crippen molar-refractivity contribution < 1.29 is 0 Å². The zero-order chi connectivity index (χ0) is 10.3. The Kier molecular flexibility index (Phi) is 2.75. The van der Waals surface area contributed by atoms with Gasteiger partial charge >= 0.3 is 0 Å². The van der Waals surface area contributed by atoms with Gasteiger partial charge in [0.2, 0.25) is 0 Å². The van der Waals surface area contributed by atoms with Crippen molar-refractivity contribution in [2.45, 2.75) is 64.1 Å². The highest BCUT2D eigenvalue weighted by Crippen LogP contribution is 2.38. The van der Waals surface area contributed by atoms with Crippen LogP contribution in [0.2, 0.25) is 0 Å². The summed E-state index contributed by atoms with van der Waals surface area (Å²) < 4.78 is 0. The van der Waals surface area contributed by atoms with Crippen LogP contribution in [0.5, 0.6) is 0 Å². The molecule has 13 heavy (non-hydrogen) atoms. The molecule has 2 N–H and O–H groups in total. The lowest BCUT2D eigenvalue weighted by Crippen LogP contribution is -2.62. The van der Waals surface area contributed by atoms with E-state index in [1.807, 2.05) is 0 Å². The summed E-state index contributed by atoms with van der Waals surface area (Å²) in [6.07, 6.45) is 3.42. The summed E-state index contributed by atoms with van der Waals surface area (Å²) in [6, 6.07) is 0.371. The average Bonchev–Trinajstić information content (AvgIpc) is 1.99. The normalized spacial score (nSPS) is 40.6. The largest absolute Gasteiger partial charge is 0.328 e. The Balaban J connectivity index is 2.88. The van der Waals surface area contributed by atoms with Gasteiger partial charge in [0.05, 0.1) is 0 Å². The van der Waals surface area contributed by atoms with Crippen LogP contribution in [0, 0.1) is 0 Å². The molecule has 2 unspecified atom stereocenters. The predicted octanol–water partition coefficient (Wildman–Crippen LogP) is 1.99. The van der Waals surface area contributed by atoms with E-state index < -0.39 is 0 Å². The van der Waals surface area contributed by atoms with E-state index in [0.717, 1.165) is 12.8 Å². The number of piperidine rings is 1. The smallest absolute Gasteiger partial charge is 0.0195 e. The topological polar surface area (TPSA) is 29.3 Å². The first-order chi connectivity index (χ1) is 5.82. The highest BCUT2D eigenvalue weighted by Gasteiger charge is 2.43. The lowest BCUT2D eigenvalue weighted by atomic mass is 9.76. The first-order valence-electron chi connectivity index (χ1n) is 5.31. The van der Waals surface area contributed by atoms with Gasteiger partial charge in [-0.3, -0.25) is 4.90 Å². The minimum Gasteiger partial charge on any atom is -0.328 e. The molecule has 0 bridgehead atoms. The number of rotatable bonds is 1. The summed E-state index contributed by atoms with van der Waals surface area (Å²) in [7, 11) is 2.23. The summed E-state index contributed by atoms with van der Waals surface area (Å²) in [5, 5.41) is 0. The summed E-state index contributed by atoms with van der Waals surface area (Å²) >= 11 is 0. The Bertz CT molecular complexity index is 189. The third-order valence-corrected chi connectivity index (χ3v) is 3.94. The van der Waals surface area contributed by atoms with Gasteiger partial charge in [0.15, 0.2) is 0 Å². The molecule has 2 nitrogen and oxygen atoms in total. The molecule has 0 aromatic rings. The third kappa shape index (κ3) is 1.89. The Morgan fingerprint density at radius 2 is 1.85 bits per heavy atom. The second kappa shape index (κ2) is 3.25. The van der Waals surface area contributed by atoms with Crippen LogP contribution in [0.25, 0.3) is 0 Å². The minimum absolute atomic E-state index is 0.252. The molecule has 1 aliphatic rings. The molecule has 1 heterocycles. The van der Waals surface area contributed by atoms with E-state index in [1.165, 1.54) is 6.42 Å². The van der Waals surface area contributed by atoms with Crippen LogP contribution in [0.4, 0.5) is 0 Å². The number of nitrogens with zero attached hydrogens (tertiary/aromatic N) is 1. The van der Waals surface area contributed by atoms with E-state index in [-0.39, 0.29) is 5.54 Å². The van der Waals surface area contributed by atoms with Crippen molar-refractivity contribution in [1.29, 1.82) is 0 Å². The molecule has 1 rings (SSSR count). The zero-order valence-corrected chi connectivity index (χ0v) is 9.72. The molecule has 2 heteroatoms. The van der Waals surface area contributed by atoms with E-state index in [2.05, 4.69) is 39.6 Å². The molecule has 78 valence electrons. The highest BCUT2D eigenvalue weighted by molar-refractivity contribution is 5.01. The lowest BCUT2D eigenvalue weighted by molar-refractivity contribution is -0.0243. The van der Waals surface area contributed by atoms with Crippen LogP contribution in [0.15, 0.2) is 0 Å². The van der Waals surface area contributed by atoms with Gasteiger partial charge in [0.25, 0.3) is 0 Å². The van der Waals surface area contributed by atoms with Crippen molar-refractivity contribution in [3.8, 4) is 0 Å². The second-order valence-electron chi connectivity index (χ2n) is 5.39. The van der Waals surface area contributed by atoms with E-state index in [4.69, 9.17) is 5.73 Å². The molecule has 0 aromatic carbocycles. The van der Waals surface area contributed by atoms with Gasteiger partial charge < -0.3 is 5.73 Å². The third-order valence-electron chi connectivity index (χ3n) is 3.94. The fraction of sp³-hybridized carbons (Fsp3) is 1.00. The van der Waals surface area contributed by atoms with Gasteiger partial charge in [-0.25, -0.2) is 0 Å². The standard InChI is InChI=1S/C11H24N2/c1-6-11(4)8-9(12)7-10(2,3)13(11)5/h9H,6-8,12H2,1-5H3. The Morgan fingerprint density at radius 1 is 1.31 bits per heavy atom. The average molecular weight is 184 g/mol. The first-order valence-corrected chi connectivity index (χ1v) is 5.31. The monoisotopic (exact) mass is 184 g/mol. The van der Waals surface area contributed by atoms with Gasteiger partial charge in [0.1, 0.15) is 0 Å². The van der Waals surface area contributed by atoms with Crippen molar-refractivity contribution in [2.75, 3.05) is 7.05 Å². The van der Waals surface area contributed by atoms with E-state index in [1.54, 1.807) is 0 Å². The number of likely N-dealkylation sites (tertiary alicyclic amines) is 1. The van der Waals surface area contributed by atoms with Gasteiger partial charge in [-0.1, -0.05) is 6.92 Å². The van der Waals surface area contributed by atoms with Crippen molar-refractivity contribution in [3.05, 3.63) is 0 Å². The van der Waals surface area contributed by atoms with Crippen LogP contribution in [-0.4, -0.2) is 29.1 Å². The fourth-order valence-electron chi connectivity index (χ4n) is 2.66. The molecule has 0 amide bonds. The Hall–Kier alpha value is -0.0800. The molecule has 2 atom stereocenters. The molecule has 1 saturated heterocycles. The molecular formula is C11H24N2. The van der Waals surface area contributed by atoms with E-state index in [0.29, 0.717) is 11.6 Å². The number of hydrogen-bond acceptors (Lipinski definition) is 2. The lowest BCUT2D eigenvalue weighted by Gasteiger charge is -2.54. The van der Waals surface area contributed by atoms with Crippen molar-refractivity contribution in [3.63, 3.8) is 0 Å². The molecule has 0 saturated carbocycles. The summed E-state index contributed by atoms with van der Waals surface area (Å²) in [4.78, 5) is 2.50. The SMILES string of the molecule is CCC1(C)CC(N)CC(C)(C)N1C. The number of hydrogen-bond donors (Lipinski definition) is 1. The number of nitrogens with two attached hydrogens (primary N) is 1. The molecule has 0 radical (unpaired) electrons. The molecule has 1 fully saturated rings. The first kappa shape index (κ1) is 11.0. The van der Waals surface area contributed by atoms with Gasteiger partial charge in [0, 0.05) is 17.1 Å². The van der Waals surface area contributed by atoms with E-state index in [9.17, 15) is 0 Å². The molecular weight excluding hydrogens is 160 g/mol. The van der Waals surface area contributed by atoms with Crippen LogP contribution in [-0.2, 0) is 0 Å². The van der Waals surface area contributed by atoms with Crippen LogP contribution in [0.3, 0.4) is 0 Å². The Morgan fingerprint density at radius 3 is 2.31 bits per heavy atom. The maximum Gasteiger partial charge on any atom is 0.0195 e. The van der Waals surface area contributed by atoms with Crippen LogP contribution in [0.1, 0.15) is 47.0 Å². The van der Waals surface area contributed by atoms with Crippen molar-refractivity contribution >= 4 is 0 Å². The van der Waals surface area contributed by atoms with Crippen molar-refractivity contribution in [1.82, 2.24) is 4.90 Å². The summed E-state index contributed by atoms with van der Waals surface area (Å²) in [5.41, 5.74) is 6.64. The van der Waals surface area contributed by atoms with Gasteiger partial charge in [-0.2, -0.15) is 0 Å². The van der Waals surface area contributed by atoms with Gasteiger partial charge in [-0.15, -0.1) is 0 Å². The van der Waals surface area contributed by atoms with Crippen LogP contribution >= 0.6 is 0 Å². The highest BCUT2D eigenvalue weighted by atomic mass is 15.2.